The van der Waals surface area contributed by atoms with E-state index >= 15 is 0 Å². The molecule has 4 N–H and O–H groups in total. The van der Waals surface area contributed by atoms with Crippen molar-refractivity contribution in [1.82, 2.24) is 10.2 Å². The zero-order valence-electron chi connectivity index (χ0n) is 19.5. The van der Waals surface area contributed by atoms with Gasteiger partial charge in [-0.15, -0.1) is 0 Å². The van der Waals surface area contributed by atoms with Crippen molar-refractivity contribution in [3.8, 4) is 22.8 Å². The van der Waals surface area contributed by atoms with Crippen molar-refractivity contribution in [2.24, 2.45) is 0 Å². The Kier molecular flexibility index (Phi) is 5.87. The number of para-hydroxylation sites is 1. The van der Waals surface area contributed by atoms with Gasteiger partial charge in [-0.2, -0.15) is 5.10 Å². The lowest BCUT2D eigenvalue weighted by atomic mass is 10.1. The van der Waals surface area contributed by atoms with Crippen molar-refractivity contribution in [2.75, 3.05) is 17.7 Å². The molecule has 0 spiro atoms. The third kappa shape index (κ3) is 4.37. The summed E-state index contributed by atoms with van der Waals surface area (Å²) in [5.41, 5.74) is 3.22. The Hall–Kier alpha value is -5.05. The molecule has 0 aliphatic rings. The topological polar surface area (TPSA) is 129 Å². The molecule has 0 radical (unpaired) electrons. The van der Waals surface area contributed by atoms with Crippen LogP contribution in [0.25, 0.3) is 22.2 Å². The summed E-state index contributed by atoms with van der Waals surface area (Å²) in [6.45, 7) is 1.89. The molecule has 0 bridgehead atoms. The zero-order valence-corrected chi connectivity index (χ0v) is 19.5. The number of methoxy groups -OCH3 is 1. The number of aromatic nitrogens is 2. The summed E-state index contributed by atoms with van der Waals surface area (Å²) < 4.78 is 11.0. The molecule has 180 valence electrons. The van der Waals surface area contributed by atoms with E-state index in [1.807, 2.05) is 6.92 Å². The summed E-state index contributed by atoms with van der Waals surface area (Å²) in [5.74, 6) is -0.385. The van der Waals surface area contributed by atoms with Gasteiger partial charge in [0, 0.05) is 16.6 Å². The van der Waals surface area contributed by atoms with Gasteiger partial charge in [-0.1, -0.05) is 23.8 Å². The minimum Gasteiger partial charge on any atom is -0.507 e. The van der Waals surface area contributed by atoms with Crippen molar-refractivity contribution in [3.63, 3.8) is 0 Å². The number of phenolic OH excluding ortho intramolecular Hbond substituents is 1. The molecule has 5 aromatic rings. The number of ether oxygens (including phenoxy) is 1. The summed E-state index contributed by atoms with van der Waals surface area (Å²) in [6.07, 6.45) is 0. The Morgan fingerprint density at radius 2 is 1.75 bits per heavy atom. The maximum absolute atomic E-state index is 13.1. The number of aromatic amines is 1. The minimum absolute atomic E-state index is 0.0450. The number of nitrogens with zero attached hydrogens (tertiary/aromatic N) is 1. The van der Waals surface area contributed by atoms with E-state index in [2.05, 4.69) is 20.8 Å². The van der Waals surface area contributed by atoms with Crippen LogP contribution < -0.4 is 15.4 Å². The van der Waals surface area contributed by atoms with Crippen LogP contribution in [0.4, 0.5) is 11.4 Å². The van der Waals surface area contributed by atoms with Gasteiger partial charge < -0.3 is 24.9 Å². The Bertz CT molecular complexity index is 1580. The number of benzene rings is 3. The van der Waals surface area contributed by atoms with Crippen LogP contribution in [0, 0.1) is 6.92 Å². The number of anilines is 2. The molecule has 2 aromatic heterocycles. The molecule has 2 amide bonds. The standard InChI is InChI=1S/C27H22N4O5/c1-15-7-12-22(32)19(13-15)20-14-21(31-30-20)26(33)29-24-18-5-3-4-6-23(18)36-25(24)27(34)28-16-8-10-17(35-2)11-9-16/h3-14,32H,1-2H3,(H,28,34)(H,29,33)(H,30,31). The number of nitrogens with one attached hydrogen (secondary N) is 3. The quantitative estimate of drug-likeness (QED) is 0.258. The first-order chi connectivity index (χ1) is 17.4. The molecule has 0 unspecified atom stereocenters. The fourth-order valence-electron chi connectivity index (χ4n) is 3.80. The third-order valence-electron chi connectivity index (χ3n) is 5.64. The number of fused-ring (bicyclic) bond motifs is 1. The van der Waals surface area contributed by atoms with Crippen LogP contribution >= 0.6 is 0 Å². The van der Waals surface area contributed by atoms with Gasteiger partial charge in [0.2, 0.25) is 5.76 Å². The summed E-state index contributed by atoms with van der Waals surface area (Å²) >= 11 is 0. The van der Waals surface area contributed by atoms with Gasteiger partial charge in [0.15, 0.2) is 0 Å². The van der Waals surface area contributed by atoms with E-state index in [0.717, 1.165) is 5.56 Å². The molecular weight excluding hydrogens is 460 g/mol. The highest BCUT2D eigenvalue weighted by Crippen LogP contribution is 2.33. The van der Waals surface area contributed by atoms with E-state index in [0.29, 0.717) is 33.7 Å². The maximum atomic E-state index is 13.1. The van der Waals surface area contributed by atoms with E-state index in [-0.39, 0.29) is 22.9 Å². The molecule has 0 saturated heterocycles. The molecular formula is C27H22N4O5. The number of rotatable bonds is 6. The van der Waals surface area contributed by atoms with Crippen molar-refractivity contribution in [2.45, 2.75) is 6.92 Å². The van der Waals surface area contributed by atoms with Crippen LogP contribution in [0.1, 0.15) is 26.6 Å². The number of hydrogen-bond donors (Lipinski definition) is 4. The van der Waals surface area contributed by atoms with Crippen molar-refractivity contribution in [1.29, 1.82) is 0 Å². The second kappa shape index (κ2) is 9.30. The van der Waals surface area contributed by atoms with Crippen LogP contribution in [0.3, 0.4) is 0 Å². The summed E-state index contributed by atoms with van der Waals surface area (Å²) in [7, 11) is 1.56. The van der Waals surface area contributed by atoms with E-state index in [1.54, 1.807) is 73.8 Å². The average molecular weight is 482 g/mol. The van der Waals surface area contributed by atoms with Crippen molar-refractivity contribution >= 4 is 34.2 Å². The highest BCUT2D eigenvalue weighted by Gasteiger charge is 2.24. The van der Waals surface area contributed by atoms with E-state index in [9.17, 15) is 14.7 Å². The second-order valence-corrected chi connectivity index (χ2v) is 8.13. The first kappa shape index (κ1) is 22.7. The molecule has 9 nitrogen and oxygen atoms in total. The summed E-state index contributed by atoms with van der Waals surface area (Å²) in [6, 6.07) is 20.5. The van der Waals surface area contributed by atoms with Crippen LogP contribution in [0.2, 0.25) is 0 Å². The highest BCUT2D eigenvalue weighted by molar-refractivity contribution is 6.16. The van der Waals surface area contributed by atoms with Gasteiger partial charge in [0.25, 0.3) is 11.8 Å². The molecule has 2 heterocycles. The van der Waals surface area contributed by atoms with Crippen LogP contribution in [-0.2, 0) is 0 Å². The van der Waals surface area contributed by atoms with Gasteiger partial charge >= 0.3 is 0 Å². The monoisotopic (exact) mass is 482 g/mol. The fraction of sp³-hybridized carbons (Fsp3) is 0.0741. The first-order valence-corrected chi connectivity index (χ1v) is 11.1. The Labute approximate surface area is 205 Å². The number of carbonyl (C=O) groups is 2. The number of phenols is 1. The van der Waals surface area contributed by atoms with Crippen molar-refractivity contribution < 1.29 is 23.8 Å². The Morgan fingerprint density at radius 1 is 0.972 bits per heavy atom. The number of aryl methyl sites for hydroxylation is 1. The molecule has 36 heavy (non-hydrogen) atoms. The van der Waals surface area contributed by atoms with Crippen LogP contribution in [0.15, 0.2) is 77.2 Å². The number of amides is 2. The molecule has 3 aromatic carbocycles. The maximum Gasteiger partial charge on any atom is 0.293 e. The summed E-state index contributed by atoms with van der Waals surface area (Å²) in [4.78, 5) is 26.2. The van der Waals surface area contributed by atoms with Gasteiger partial charge in [0.1, 0.15) is 28.5 Å². The molecule has 0 atom stereocenters. The molecule has 0 aliphatic heterocycles. The Morgan fingerprint density at radius 3 is 2.53 bits per heavy atom. The van der Waals surface area contributed by atoms with Crippen molar-refractivity contribution in [3.05, 3.63) is 89.8 Å². The number of aromatic hydroxyl groups is 1. The summed E-state index contributed by atoms with van der Waals surface area (Å²) in [5, 5.41) is 23.2. The average Bonchev–Trinajstić information content (AvgIpc) is 3.52. The predicted octanol–water partition coefficient (Wildman–Crippen LogP) is 5.35. The normalized spacial score (nSPS) is 10.8. The van der Waals surface area contributed by atoms with E-state index < -0.39 is 11.8 Å². The lowest BCUT2D eigenvalue weighted by Crippen LogP contribution is -2.17. The highest BCUT2D eigenvalue weighted by atomic mass is 16.5. The lowest BCUT2D eigenvalue weighted by molar-refractivity contribution is 0.0999. The van der Waals surface area contributed by atoms with Gasteiger partial charge in [-0.05, 0) is 61.5 Å². The van der Waals surface area contributed by atoms with Gasteiger partial charge in [0.05, 0.1) is 12.8 Å². The van der Waals surface area contributed by atoms with Gasteiger partial charge in [-0.25, -0.2) is 0 Å². The lowest BCUT2D eigenvalue weighted by Gasteiger charge is -2.07. The fourth-order valence-corrected chi connectivity index (χ4v) is 3.80. The van der Waals surface area contributed by atoms with E-state index in [4.69, 9.17) is 9.15 Å². The number of hydrogen-bond acceptors (Lipinski definition) is 6. The smallest absolute Gasteiger partial charge is 0.293 e. The largest absolute Gasteiger partial charge is 0.507 e. The van der Waals surface area contributed by atoms with Gasteiger partial charge in [-0.3, -0.25) is 14.7 Å². The van der Waals surface area contributed by atoms with Crippen LogP contribution in [0.5, 0.6) is 11.5 Å². The number of furan rings is 1. The third-order valence-corrected chi connectivity index (χ3v) is 5.64. The van der Waals surface area contributed by atoms with Crippen LogP contribution in [-0.4, -0.2) is 34.2 Å². The second-order valence-electron chi connectivity index (χ2n) is 8.13. The predicted molar refractivity (Wildman–Crippen MR) is 136 cm³/mol. The first-order valence-electron chi connectivity index (χ1n) is 11.1. The number of H-pyrrole nitrogens is 1. The molecule has 0 saturated carbocycles. The molecule has 5 rings (SSSR count). The number of carbonyl (C=O) groups excluding carboxylic acids is 2. The molecule has 0 fully saturated rings. The SMILES string of the molecule is COc1ccc(NC(=O)c2oc3ccccc3c2NC(=O)c2cc(-c3cc(C)ccc3O)n[nH]2)cc1. The minimum atomic E-state index is -0.526. The zero-order chi connectivity index (χ0) is 25.2. The van der Waals surface area contributed by atoms with E-state index in [1.165, 1.54) is 6.07 Å². The Balaban J connectivity index is 1.44. The molecule has 0 aliphatic carbocycles. The molecule has 9 heteroatoms.